The normalized spacial score (nSPS) is 18.3. The van der Waals surface area contributed by atoms with Gasteiger partial charge in [0.15, 0.2) is 0 Å². The molecule has 0 saturated carbocycles. The molecule has 1 aliphatic heterocycles. The average Bonchev–Trinajstić information content (AvgIpc) is 2.98. The lowest BCUT2D eigenvalue weighted by molar-refractivity contribution is 0.0594. The van der Waals surface area contributed by atoms with E-state index >= 15 is 0 Å². The zero-order valence-electron chi connectivity index (χ0n) is 11.6. The second-order valence-electron chi connectivity index (χ2n) is 4.73. The van der Waals surface area contributed by atoms with Crippen LogP contribution in [0.2, 0.25) is 0 Å². The highest BCUT2D eigenvalue weighted by atomic mass is 16.5. The number of methoxy groups -OCH3 is 1. The molecule has 0 aliphatic carbocycles. The molecular formula is C14H21N3O2. The summed E-state index contributed by atoms with van der Waals surface area (Å²) in [6, 6.07) is 4.27. The molecule has 1 aromatic heterocycles. The molecule has 1 saturated heterocycles. The SMILES string of the molecule is CCCN(c1ccnc(C(=O)OC)c1)C1CCNC1. The van der Waals surface area contributed by atoms with Crippen molar-refractivity contribution in [3.63, 3.8) is 0 Å². The van der Waals surface area contributed by atoms with Gasteiger partial charge in [-0.2, -0.15) is 0 Å². The minimum atomic E-state index is -0.386. The maximum atomic E-state index is 11.6. The first-order valence-electron chi connectivity index (χ1n) is 6.78. The van der Waals surface area contributed by atoms with Gasteiger partial charge in [-0.1, -0.05) is 6.92 Å². The van der Waals surface area contributed by atoms with Crippen LogP contribution in [0, 0.1) is 0 Å². The molecule has 104 valence electrons. The van der Waals surface area contributed by atoms with Crippen molar-refractivity contribution in [3.05, 3.63) is 24.0 Å². The highest BCUT2D eigenvalue weighted by Gasteiger charge is 2.22. The van der Waals surface area contributed by atoms with Crippen LogP contribution in [-0.4, -0.2) is 43.7 Å². The molecule has 0 aromatic carbocycles. The summed E-state index contributed by atoms with van der Waals surface area (Å²) < 4.78 is 4.72. The predicted octanol–water partition coefficient (Wildman–Crippen LogP) is 1.45. The quantitative estimate of drug-likeness (QED) is 0.815. The topological polar surface area (TPSA) is 54.5 Å². The van der Waals surface area contributed by atoms with Gasteiger partial charge in [0.2, 0.25) is 0 Å². The Hall–Kier alpha value is -1.62. The minimum absolute atomic E-state index is 0.368. The van der Waals surface area contributed by atoms with Crippen molar-refractivity contribution in [1.82, 2.24) is 10.3 Å². The summed E-state index contributed by atoms with van der Waals surface area (Å²) in [5, 5.41) is 3.38. The van der Waals surface area contributed by atoms with Crippen LogP contribution < -0.4 is 10.2 Å². The highest BCUT2D eigenvalue weighted by Crippen LogP contribution is 2.21. The van der Waals surface area contributed by atoms with Crippen molar-refractivity contribution in [2.75, 3.05) is 31.6 Å². The van der Waals surface area contributed by atoms with Crippen molar-refractivity contribution in [2.24, 2.45) is 0 Å². The number of nitrogens with one attached hydrogen (secondary N) is 1. The summed E-state index contributed by atoms with van der Waals surface area (Å²) in [6.45, 7) is 5.20. The zero-order chi connectivity index (χ0) is 13.7. The van der Waals surface area contributed by atoms with Gasteiger partial charge in [0.1, 0.15) is 5.69 Å². The molecule has 0 radical (unpaired) electrons. The van der Waals surface area contributed by atoms with Gasteiger partial charge in [-0.3, -0.25) is 0 Å². The van der Waals surface area contributed by atoms with E-state index in [1.54, 1.807) is 6.20 Å². The Labute approximate surface area is 114 Å². The molecule has 1 fully saturated rings. The van der Waals surface area contributed by atoms with E-state index in [1.165, 1.54) is 7.11 Å². The van der Waals surface area contributed by atoms with E-state index in [-0.39, 0.29) is 5.97 Å². The molecule has 5 heteroatoms. The number of aromatic nitrogens is 1. The lowest BCUT2D eigenvalue weighted by Gasteiger charge is -2.30. The van der Waals surface area contributed by atoms with Crippen LogP contribution in [0.1, 0.15) is 30.3 Å². The van der Waals surface area contributed by atoms with Gasteiger partial charge in [0.25, 0.3) is 0 Å². The molecule has 1 aromatic rings. The summed E-state index contributed by atoms with van der Waals surface area (Å²) in [6.07, 6.45) is 3.88. The fraction of sp³-hybridized carbons (Fsp3) is 0.571. The molecule has 0 bridgehead atoms. The van der Waals surface area contributed by atoms with Crippen LogP contribution in [0.4, 0.5) is 5.69 Å². The zero-order valence-corrected chi connectivity index (χ0v) is 11.6. The molecule has 2 heterocycles. The number of carbonyl (C=O) groups excluding carboxylic acids is 1. The fourth-order valence-electron chi connectivity index (χ4n) is 2.48. The molecular weight excluding hydrogens is 242 g/mol. The third-order valence-corrected chi connectivity index (χ3v) is 3.41. The van der Waals surface area contributed by atoms with Crippen LogP contribution in [0.25, 0.3) is 0 Å². The van der Waals surface area contributed by atoms with Gasteiger partial charge in [0, 0.05) is 31.0 Å². The molecule has 1 aliphatic rings. The van der Waals surface area contributed by atoms with Crippen molar-refractivity contribution in [2.45, 2.75) is 25.8 Å². The van der Waals surface area contributed by atoms with Crippen LogP contribution >= 0.6 is 0 Å². The van der Waals surface area contributed by atoms with Crippen LogP contribution in [-0.2, 0) is 4.74 Å². The van der Waals surface area contributed by atoms with Crippen LogP contribution in [0.15, 0.2) is 18.3 Å². The summed E-state index contributed by atoms with van der Waals surface area (Å²) >= 11 is 0. The van der Waals surface area contributed by atoms with Gasteiger partial charge >= 0.3 is 5.97 Å². The smallest absolute Gasteiger partial charge is 0.356 e. The summed E-state index contributed by atoms with van der Waals surface area (Å²) in [5.74, 6) is -0.386. The number of anilines is 1. The molecule has 1 N–H and O–H groups in total. The highest BCUT2D eigenvalue weighted by molar-refractivity contribution is 5.88. The molecule has 0 amide bonds. The Morgan fingerprint density at radius 3 is 3.11 bits per heavy atom. The van der Waals surface area contributed by atoms with E-state index in [4.69, 9.17) is 4.74 Å². The number of nitrogens with zero attached hydrogens (tertiary/aromatic N) is 2. The Balaban J connectivity index is 2.22. The lowest BCUT2D eigenvalue weighted by atomic mass is 10.1. The number of ether oxygens (including phenoxy) is 1. The molecule has 5 nitrogen and oxygen atoms in total. The van der Waals surface area contributed by atoms with Crippen molar-refractivity contribution >= 4 is 11.7 Å². The fourth-order valence-corrected chi connectivity index (χ4v) is 2.48. The largest absolute Gasteiger partial charge is 0.464 e. The maximum absolute atomic E-state index is 11.6. The van der Waals surface area contributed by atoms with Crippen molar-refractivity contribution in [3.8, 4) is 0 Å². The maximum Gasteiger partial charge on any atom is 0.356 e. The lowest BCUT2D eigenvalue weighted by Crippen LogP contribution is -2.37. The minimum Gasteiger partial charge on any atom is -0.464 e. The van der Waals surface area contributed by atoms with Gasteiger partial charge < -0.3 is 15.0 Å². The second-order valence-corrected chi connectivity index (χ2v) is 4.73. The number of carbonyl (C=O) groups is 1. The Morgan fingerprint density at radius 1 is 1.63 bits per heavy atom. The number of rotatable bonds is 5. The number of hydrogen-bond donors (Lipinski definition) is 1. The molecule has 1 atom stereocenters. The van der Waals surface area contributed by atoms with Gasteiger partial charge in [-0.15, -0.1) is 0 Å². The van der Waals surface area contributed by atoms with Crippen LogP contribution in [0.5, 0.6) is 0 Å². The number of pyridine rings is 1. The van der Waals surface area contributed by atoms with Gasteiger partial charge in [0.05, 0.1) is 7.11 Å². The molecule has 19 heavy (non-hydrogen) atoms. The van der Waals surface area contributed by atoms with E-state index in [9.17, 15) is 4.79 Å². The standard InChI is InChI=1S/C14H21N3O2/c1-3-8-17(12-4-6-15-10-12)11-5-7-16-13(9-11)14(18)19-2/h5,7,9,12,15H,3-4,6,8,10H2,1-2H3. The van der Waals surface area contributed by atoms with E-state index in [2.05, 4.69) is 22.1 Å². The van der Waals surface area contributed by atoms with Gasteiger partial charge in [-0.05, 0) is 31.5 Å². The van der Waals surface area contributed by atoms with E-state index < -0.39 is 0 Å². The number of hydrogen-bond acceptors (Lipinski definition) is 5. The van der Waals surface area contributed by atoms with Crippen LogP contribution in [0.3, 0.4) is 0 Å². The summed E-state index contributed by atoms with van der Waals surface area (Å²) in [4.78, 5) is 18.0. The predicted molar refractivity (Wildman–Crippen MR) is 74.5 cm³/mol. The third-order valence-electron chi connectivity index (χ3n) is 3.41. The molecule has 0 spiro atoms. The second kappa shape index (κ2) is 6.52. The Morgan fingerprint density at radius 2 is 2.47 bits per heavy atom. The molecule has 2 rings (SSSR count). The average molecular weight is 263 g/mol. The Kier molecular flexibility index (Phi) is 4.74. The van der Waals surface area contributed by atoms with Crippen molar-refractivity contribution in [1.29, 1.82) is 0 Å². The molecule has 1 unspecified atom stereocenters. The third kappa shape index (κ3) is 3.23. The number of esters is 1. The summed E-state index contributed by atoms with van der Waals surface area (Å²) in [5.41, 5.74) is 1.41. The van der Waals surface area contributed by atoms with E-state index in [0.29, 0.717) is 11.7 Å². The first kappa shape index (κ1) is 13.8. The monoisotopic (exact) mass is 263 g/mol. The van der Waals surface area contributed by atoms with E-state index in [1.807, 2.05) is 12.1 Å². The Bertz CT molecular complexity index is 430. The van der Waals surface area contributed by atoms with Crippen molar-refractivity contribution < 1.29 is 9.53 Å². The first-order chi connectivity index (χ1) is 9.26. The first-order valence-corrected chi connectivity index (χ1v) is 6.78. The van der Waals surface area contributed by atoms with E-state index in [0.717, 1.165) is 38.2 Å². The summed E-state index contributed by atoms with van der Waals surface area (Å²) in [7, 11) is 1.38. The van der Waals surface area contributed by atoms with Gasteiger partial charge in [-0.25, -0.2) is 9.78 Å².